The van der Waals surface area contributed by atoms with Gasteiger partial charge in [0.1, 0.15) is 24.0 Å². The van der Waals surface area contributed by atoms with Crippen molar-refractivity contribution in [3.05, 3.63) is 59.7 Å². The highest BCUT2D eigenvalue weighted by Crippen LogP contribution is 2.44. The molecule has 208 valence electrons. The number of nitrogens with one attached hydrogen (secondary N) is 1. The highest BCUT2D eigenvalue weighted by Gasteiger charge is 2.49. The van der Waals surface area contributed by atoms with Crippen LogP contribution in [0.5, 0.6) is 0 Å². The van der Waals surface area contributed by atoms with Crippen molar-refractivity contribution in [3.8, 4) is 11.1 Å². The third kappa shape index (κ3) is 6.06. The molecule has 0 aromatic heterocycles. The number of carbonyl (C=O) groups is 4. The molecule has 2 amide bonds. The van der Waals surface area contributed by atoms with Crippen LogP contribution in [0.25, 0.3) is 11.1 Å². The Labute approximate surface area is 227 Å². The molecule has 4 rings (SSSR count). The minimum atomic E-state index is -1.43. The van der Waals surface area contributed by atoms with Crippen LogP contribution in [0.15, 0.2) is 48.5 Å². The first kappa shape index (κ1) is 28.1. The molecule has 0 saturated carbocycles. The van der Waals surface area contributed by atoms with Gasteiger partial charge >= 0.3 is 18.0 Å². The molecule has 1 aliphatic heterocycles. The molecule has 1 saturated heterocycles. The monoisotopic (exact) mass is 538 g/mol. The van der Waals surface area contributed by atoms with Crippen LogP contribution in [0.1, 0.15) is 58.1 Å². The average molecular weight is 539 g/mol. The Balaban J connectivity index is 1.52. The number of carbonyl (C=O) groups excluding carboxylic acids is 3. The molecule has 1 fully saturated rings. The van der Waals surface area contributed by atoms with Crippen molar-refractivity contribution in [1.82, 2.24) is 10.2 Å². The first-order valence-corrected chi connectivity index (χ1v) is 12.8. The fourth-order valence-electron chi connectivity index (χ4n) is 5.10. The van der Waals surface area contributed by atoms with Crippen molar-refractivity contribution in [1.29, 1.82) is 0 Å². The minimum absolute atomic E-state index is 0.00325. The fraction of sp³-hybridized carbons (Fsp3) is 0.448. The molecule has 0 bridgehead atoms. The molecule has 2 aromatic carbocycles. The average Bonchev–Trinajstić information content (AvgIpc) is 3.34. The number of fused-ring (bicyclic) bond motifs is 3. The topological polar surface area (TPSA) is 131 Å². The Morgan fingerprint density at radius 2 is 1.62 bits per heavy atom. The van der Waals surface area contributed by atoms with Gasteiger partial charge in [0, 0.05) is 5.92 Å². The number of carboxylic acids is 1. The highest BCUT2D eigenvalue weighted by atomic mass is 16.6. The van der Waals surface area contributed by atoms with Crippen molar-refractivity contribution >= 4 is 23.9 Å². The zero-order valence-corrected chi connectivity index (χ0v) is 22.7. The first-order valence-electron chi connectivity index (χ1n) is 12.8. The number of esters is 1. The van der Waals surface area contributed by atoms with Gasteiger partial charge in [-0.2, -0.15) is 0 Å². The molecular formula is C29H34N2O8. The maximum Gasteiger partial charge on any atom is 0.407 e. The zero-order valence-electron chi connectivity index (χ0n) is 22.7. The Morgan fingerprint density at radius 3 is 2.15 bits per heavy atom. The van der Waals surface area contributed by atoms with E-state index in [1.54, 1.807) is 34.6 Å². The number of aliphatic carboxylic acids is 1. The molecule has 1 aliphatic carbocycles. The molecule has 2 N–H and O–H groups in total. The summed E-state index contributed by atoms with van der Waals surface area (Å²) in [6.45, 7) is 7.91. The molecule has 10 nitrogen and oxygen atoms in total. The van der Waals surface area contributed by atoms with E-state index in [2.05, 4.69) is 5.32 Å². The van der Waals surface area contributed by atoms with Gasteiger partial charge in [-0.25, -0.2) is 9.59 Å². The number of hydrogen-bond acceptors (Lipinski definition) is 7. The zero-order chi connectivity index (χ0) is 28.5. The van der Waals surface area contributed by atoms with Gasteiger partial charge in [-0.3, -0.25) is 14.5 Å². The molecular weight excluding hydrogens is 504 g/mol. The van der Waals surface area contributed by atoms with Gasteiger partial charge in [0.15, 0.2) is 6.04 Å². The maximum absolute atomic E-state index is 13.6. The van der Waals surface area contributed by atoms with Crippen LogP contribution in [0.4, 0.5) is 4.79 Å². The lowest BCUT2D eigenvalue weighted by Gasteiger charge is -2.35. The van der Waals surface area contributed by atoms with Gasteiger partial charge in [0.2, 0.25) is 5.91 Å². The van der Waals surface area contributed by atoms with Crippen LogP contribution in [-0.4, -0.2) is 70.6 Å². The van der Waals surface area contributed by atoms with Crippen molar-refractivity contribution < 1.29 is 38.5 Å². The second kappa shape index (κ2) is 10.7. The number of rotatable bonds is 7. The van der Waals surface area contributed by atoms with E-state index in [0.717, 1.165) is 27.2 Å². The van der Waals surface area contributed by atoms with Gasteiger partial charge < -0.3 is 24.6 Å². The first-order chi connectivity index (χ1) is 18.3. The van der Waals surface area contributed by atoms with E-state index in [-0.39, 0.29) is 19.1 Å². The summed E-state index contributed by atoms with van der Waals surface area (Å²) in [7, 11) is 0. The van der Waals surface area contributed by atoms with Crippen LogP contribution in [-0.2, 0) is 28.6 Å². The number of benzene rings is 2. The number of alkyl carbamates (subject to hydrolysis) is 1. The van der Waals surface area contributed by atoms with E-state index < -0.39 is 53.8 Å². The maximum atomic E-state index is 13.6. The van der Waals surface area contributed by atoms with E-state index in [1.165, 1.54) is 0 Å². The van der Waals surface area contributed by atoms with Gasteiger partial charge in [-0.05, 0) is 56.9 Å². The van der Waals surface area contributed by atoms with Crippen LogP contribution < -0.4 is 5.32 Å². The molecule has 0 spiro atoms. The summed E-state index contributed by atoms with van der Waals surface area (Å²) in [5, 5.41) is 12.1. The quantitative estimate of drug-likeness (QED) is 0.511. The summed E-state index contributed by atoms with van der Waals surface area (Å²) in [5.41, 5.74) is 2.08. The van der Waals surface area contributed by atoms with Crippen molar-refractivity contribution in [2.24, 2.45) is 0 Å². The lowest BCUT2D eigenvalue weighted by Crippen LogP contribution is -2.58. The smallest absolute Gasteiger partial charge is 0.407 e. The molecule has 0 radical (unpaired) electrons. The van der Waals surface area contributed by atoms with E-state index in [9.17, 15) is 24.3 Å². The molecule has 1 heterocycles. The highest BCUT2D eigenvalue weighted by molar-refractivity contribution is 5.93. The van der Waals surface area contributed by atoms with Crippen molar-refractivity contribution in [2.45, 2.75) is 70.4 Å². The summed E-state index contributed by atoms with van der Waals surface area (Å²) >= 11 is 0. The largest absolute Gasteiger partial charge is 0.480 e. The van der Waals surface area contributed by atoms with Gasteiger partial charge in [0.05, 0.1) is 13.0 Å². The van der Waals surface area contributed by atoms with Gasteiger partial charge in [-0.15, -0.1) is 0 Å². The standard InChI is InChI=1S/C29H34N2O8/c1-28(2,3)39-24(32)14-22(25(33)31-23(26(34)35)16-38-29(31,4)5)30-27(36)37-15-21-19-12-8-6-10-17(19)18-11-7-9-13-20(18)21/h6-13,21-23H,14-16H2,1-5H3,(H,30,36)(H,34,35)/t22-,23+/m1/s1. The predicted octanol–water partition coefficient (Wildman–Crippen LogP) is 3.67. The summed E-state index contributed by atoms with van der Waals surface area (Å²) in [5.74, 6) is -2.98. The molecule has 2 atom stereocenters. The van der Waals surface area contributed by atoms with Crippen LogP contribution in [0, 0.1) is 0 Å². The lowest BCUT2D eigenvalue weighted by atomic mass is 9.98. The number of hydrogen-bond donors (Lipinski definition) is 2. The van der Waals surface area contributed by atoms with E-state index in [4.69, 9.17) is 14.2 Å². The molecule has 10 heteroatoms. The predicted molar refractivity (Wildman–Crippen MR) is 141 cm³/mol. The summed E-state index contributed by atoms with van der Waals surface area (Å²) in [4.78, 5) is 52.1. The summed E-state index contributed by atoms with van der Waals surface area (Å²) < 4.78 is 16.5. The lowest BCUT2D eigenvalue weighted by molar-refractivity contribution is -0.162. The van der Waals surface area contributed by atoms with Crippen LogP contribution in [0.2, 0.25) is 0 Å². The molecule has 0 unspecified atom stereocenters. The van der Waals surface area contributed by atoms with E-state index in [1.807, 2.05) is 48.5 Å². The van der Waals surface area contributed by atoms with E-state index >= 15 is 0 Å². The van der Waals surface area contributed by atoms with Crippen LogP contribution in [0.3, 0.4) is 0 Å². The third-order valence-corrected chi connectivity index (χ3v) is 6.73. The van der Waals surface area contributed by atoms with Gasteiger partial charge in [0.25, 0.3) is 0 Å². The Kier molecular flexibility index (Phi) is 7.70. The Morgan fingerprint density at radius 1 is 1.05 bits per heavy atom. The SMILES string of the molecule is CC(C)(C)OC(=O)C[C@@H](NC(=O)OCC1c2ccccc2-c2ccccc21)C(=O)N1[C@H](C(=O)O)COC1(C)C. The second-order valence-corrected chi connectivity index (χ2v) is 11.1. The third-order valence-electron chi connectivity index (χ3n) is 6.73. The van der Waals surface area contributed by atoms with Gasteiger partial charge in [-0.1, -0.05) is 48.5 Å². The van der Waals surface area contributed by atoms with Crippen LogP contribution >= 0.6 is 0 Å². The molecule has 2 aliphatic rings. The number of nitrogens with zero attached hydrogens (tertiary/aromatic N) is 1. The number of amides is 2. The Bertz CT molecular complexity index is 1240. The summed E-state index contributed by atoms with van der Waals surface area (Å²) in [6, 6.07) is 13.0. The van der Waals surface area contributed by atoms with Crippen molar-refractivity contribution in [2.75, 3.05) is 13.2 Å². The number of ether oxygens (including phenoxy) is 3. The fourth-order valence-corrected chi connectivity index (χ4v) is 5.10. The normalized spacial score (nSPS) is 18.6. The molecule has 2 aromatic rings. The van der Waals surface area contributed by atoms with E-state index in [0.29, 0.717) is 0 Å². The Hall–Kier alpha value is -3.92. The van der Waals surface area contributed by atoms with Crippen molar-refractivity contribution in [3.63, 3.8) is 0 Å². The minimum Gasteiger partial charge on any atom is -0.480 e. The number of carboxylic acid groups (broad SMARTS) is 1. The molecule has 39 heavy (non-hydrogen) atoms. The summed E-state index contributed by atoms with van der Waals surface area (Å²) in [6.07, 6.45) is -1.43. The second-order valence-electron chi connectivity index (χ2n) is 11.1.